The molecule has 0 aromatic heterocycles. The lowest BCUT2D eigenvalue weighted by Crippen LogP contribution is -2.43. The van der Waals surface area contributed by atoms with E-state index in [9.17, 15) is 9.90 Å². The average molecular weight is 158 g/mol. The minimum Gasteiger partial charge on any atom is -0.392 e. The van der Waals surface area contributed by atoms with E-state index in [1.165, 1.54) is 0 Å². The zero-order valence-electron chi connectivity index (χ0n) is 6.36. The van der Waals surface area contributed by atoms with Crippen LogP contribution in [-0.2, 0) is 4.79 Å². The number of carbonyl (C=O) groups excluding carboxylic acids is 1. The number of rotatable bonds is 1. The Hall–Kier alpha value is -0.610. The van der Waals surface area contributed by atoms with Crippen molar-refractivity contribution >= 4 is 5.91 Å². The van der Waals surface area contributed by atoms with Crippen molar-refractivity contribution in [3.8, 4) is 0 Å². The molecule has 1 fully saturated rings. The molecule has 3 unspecified atom stereocenters. The maximum atomic E-state index is 10.7. The summed E-state index contributed by atoms with van der Waals surface area (Å²) < 4.78 is 0. The maximum absolute atomic E-state index is 10.7. The van der Waals surface area contributed by atoms with Gasteiger partial charge in [-0.15, -0.1) is 0 Å². The molecule has 4 nitrogen and oxygen atoms in total. The molecular formula is C7H14N2O2. The fourth-order valence-corrected chi connectivity index (χ4v) is 1.45. The lowest BCUT2D eigenvalue weighted by molar-refractivity contribution is -0.123. The van der Waals surface area contributed by atoms with Gasteiger partial charge in [0.05, 0.1) is 6.10 Å². The summed E-state index contributed by atoms with van der Waals surface area (Å²) in [5.74, 6) is -0.430. The third kappa shape index (κ3) is 1.91. The van der Waals surface area contributed by atoms with Crippen molar-refractivity contribution in [1.82, 2.24) is 0 Å². The summed E-state index contributed by atoms with van der Waals surface area (Å²) in [5, 5.41) is 9.20. The highest BCUT2D eigenvalue weighted by Crippen LogP contribution is 2.22. The monoisotopic (exact) mass is 158 g/mol. The first-order valence-corrected chi connectivity index (χ1v) is 3.84. The second-order valence-corrected chi connectivity index (χ2v) is 3.14. The van der Waals surface area contributed by atoms with E-state index in [1.54, 1.807) is 0 Å². The fourth-order valence-electron chi connectivity index (χ4n) is 1.45. The highest BCUT2D eigenvalue weighted by atomic mass is 16.3. The van der Waals surface area contributed by atoms with E-state index in [0.717, 1.165) is 0 Å². The van der Waals surface area contributed by atoms with Gasteiger partial charge in [-0.2, -0.15) is 0 Å². The Balaban J connectivity index is 2.46. The first-order valence-electron chi connectivity index (χ1n) is 3.84. The predicted octanol–water partition coefficient (Wildman–Crippen LogP) is -1.04. The molecule has 1 amide bonds. The largest absolute Gasteiger partial charge is 0.392 e. The topological polar surface area (TPSA) is 89.3 Å². The van der Waals surface area contributed by atoms with E-state index in [4.69, 9.17) is 11.5 Å². The Morgan fingerprint density at radius 1 is 1.45 bits per heavy atom. The third-order valence-electron chi connectivity index (χ3n) is 2.26. The summed E-state index contributed by atoms with van der Waals surface area (Å²) in [6.45, 7) is 0. The highest BCUT2D eigenvalue weighted by Gasteiger charge is 2.29. The van der Waals surface area contributed by atoms with Crippen LogP contribution in [0.4, 0.5) is 0 Å². The van der Waals surface area contributed by atoms with Gasteiger partial charge in [0.15, 0.2) is 0 Å². The van der Waals surface area contributed by atoms with Crippen LogP contribution in [0.3, 0.4) is 0 Å². The van der Waals surface area contributed by atoms with Gasteiger partial charge in [-0.05, 0) is 19.3 Å². The number of nitrogens with two attached hydrogens (primary N) is 2. The van der Waals surface area contributed by atoms with Crippen molar-refractivity contribution in [3.05, 3.63) is 0 Å². The standard InChI is InChI=1S/C7H14N2O2/c8-5-3-4(7(9)11)1-2-6(5)10/h4-6,10H,1-3,8H2,(H2,9,11). The zero-order chi connectivity index (χ0) is 8.43. The molecular weight excluding hydrogens is 144 g/mol. The molecule has 0 spiro atoms. The first kappa shape index (κ1) is 8.49. The first-order chi connectivity index (χ1) is 5.11. The van der Waals surface area contributed by atoms with Gasteiger partial charge in [0, 0.05) is 12.0 Å². The van der Waals surface area contributed by atoms with Gasteiger partial charge in [0.25, 0.3) is 0 Å². The normalized spacial score (nSPS) is 38.5. The van der Waals surface area contributed by atoms with Crippen molar-refractivity contribution in [1.29, 1.82) is 0 Å². The average Bonchev–Trinajstić information content (AvgIpc) is 1.94. The molecule has 0 aromatic rings. The smallest absolute Gasteiger partial charge is 0.220 e. The molecule has 11 heavy (non-hydrogen) atoms. The molecule has 1 aliphatic rings. The van der Waals surface area contributed by atoms with E-state index in [-0.39, 0.29) is 17.9 Å². The van der Waals surface area contributed by atoms with Crippen molar-refractivity contribution in [2.75, 3.05) is 0 Å². The lowest BCUT2D eigenvalue weighted by atomic mass is 9.84. The molecule has 64 valence electrons. The Bertz CT molecular complexity index is 161. The zero-order valence-corrected chi connectivity index (χ0v) is 6.36. The molecule has 0 saturated heterocycles. The van der Waals surface area contributed by atoms with Crippen molar-refractivity contribution < 1.29 is 9.90 Å². The van der Waals surface area contributed by atoms with Crippen LogP contribution in [0.5, 0.6) is 0 Å². The summed E-state index contributed by atoms with van der Waals surface area (Å²) >= 11 is 0. The molecule has 1 rings (SSSR count). The van der Waals surface area contributed by atoms with Crippen LogP contribution < -0.4 is 11.5 Å². The minimum atomic E-state index is -0.453. The number of aliphatic hydroxyl groups excluding tert-OH is 1. The van der Waals surface area contributed by atoms with Crippen LogP contribution in [0.25, 0.3) is 0 Å². The van der Waals surface area contributed by atoms with Crippen molar-refractivity contribution in [3.63, 3.8) is 0 Å². The Morgan fingerprint density at radius 3 is 2.55 bits per heavy atom. The van der Waals surface area contributed by atoms with Crippen LogP contribution >= 0.6 is 0 Å². The van der Waals surface area contributed by atoms with E-state index < -0.39 is 6.10 Å². The Labute approximate surface area is 65.6 Å². The molecule has 3 atom stereocenters. The molecule has 0 aromatic carbocycles. The number of hydrogen-bond acceptors (Lipinski definition) is 3. The summed E-state index contributed by atoms with van der Waals surface area (Å²) in [7, 11) is 0. The highest BCUT2D eigenvalue weighted by molar-refractivity contribution is 5.76. The van der Waals surface area contributed by atoms with Gasteiger partial charge in [-0.3, -0.25) is 4.79 Å². The summed E-state index contributed by atoms with van der Waals surface area (Å²) in [6.07, 6.45) is 1.33. The Kier molecular flexibility index (Phi) is 2.46. The van der Waals surface area contributed by atoms with Gasteiger partial charge >= 0.3 is 0 Å². The van der Waals surface area contributed by atoms with Gasteiger partial charge < -0.3 is 16.6 Å². The second-order valence-electron chi connectivity index (χ2n) is 3.14. The van der Waals surface area contributed by atoms with Crippen LogP contribution in [0.2, 0.25) is 0 Å². The van der Waals surface area contributed by atoms with Crippen LogP contribution in [0, 0.1) is 5.92 Å². The molecule has 1 aliphatic carbocycles. The van der Waals surface area contributed by atoms with E-state index in [2.05, 4.69) is 0 Å². The van der Waals surface area contributed by atoms with Gasteiger partial charge in [0.2, 0.25) is 5.91 Å². The molecule has 0 radical (unpaired) electrons. The molecule has 0 bridgehead atoms. The van der Waals surface area contributed by atoms with Gasteiger partial charge in [0.1, 0.15) is 0 Å². The summed E-state index contributed by atoms with van der Waals surface area (Å²) in [5.41, 5.74) is 10.6. The van der Waals surface area contributed by atoms with E-state index in [1.807, 2.05) is 0 Å². The van der Waals surface area contributed by atoms with Crippen LogP contribution in [-0.4, -0.2) is 23.2 Å². The van der Waals surface area contributed by atoms with E-state index in [0.29, 0.717) is 19.3 Å². The lowest BCUT2D eigenvalue weighted by Gasteiger charge is -2.28. The van der Waals surface area contributed by atoms with Crippen LogP contribution in [0.1, 0.15) is 19.3 Å². The number of aliphatic hydroxyl groups is 1. The Morgan fingerprint density at radius 2 is 2.09 bits per heavy atom. The minimum absolute atomic E-state index is 0.131. The number of amides is 1. The SMILES string of the molecule is NC(=O)C1CCC(O)C(N)C1. The molecule has 0 heterocycles. The number of carbonyl (C=O) groups is 1. The molecule has 5 N–H and O–H groups in total. The van der Waals surface area contributed by atoms with Crippen LogP contribution in [0.15, 0.2) is 0 Å². The molecule has 4 heteroatoms. The fraction of sp³-hybridized carbons (Fsp3) is 0.857. The van der Waals surface area contributed by atoms with E-state index >= 15 is 0 Å². The van der Waals surface area contributed by atoms with Gasteiger partial charge in [-0.1, -0.05) is 0 Å². The predicted molar refractivity (Wildman–Crippen MR) is 40.5 cm³/mol. The van der Waals surface area contributed by atoms with Crippen molar-refractivity contribution in [2.24, 2.45) is 17.4 Å². The second kappa shape index (κ2) is 3.19. The van der Waals surface area contributed by atoms with Gasteiger partial charge in [-0.25, -0.2) is 0 Å². The van der Waals surface area contributed by atoms with Crippen molar-refractivity contribution in [2.45, 2.75) is 31.4 Å². The maximum Gasteiger partial charge on any atom is 0.220 e. The molecule has 1 saturated carbocycles. The number of primary amides is 1. The quantitative estimate of drug-likeness (QED) is 0.455. The summed E-state index contributed by atoms with van der Waals surface area (Å²) in [4.78, 5) is 10.7. The number of hydrogen-bond donors (Lipinski definition) is 3. The third-order valence-corrected chi connectivity index (χ3v) is 2.26. The molecule has 0 aliphatic heterocycles. The summed E-state index contributed by atoms with van der Waals surface area (Å²) in [6, 6.07) is -0.277.